The number of phenols is 1. The van der Waals surface area contributed by atoms with E-state index >= 15 is 0 Å². The van der Waals surface area contributed by atoms with E-state index in [9.17, 15) is 14.3 Å². The second-order valence-electron chi connectivity index (χ2n) is 4.42. The van der Waals surface area contributed by atoms with Crippen LogP contribution in [0, 0.1) is 19.7 Å². The van der Waals surface area contributed by atoms with Crippen LogP contribution in [-0.2, 0) is 0 Å². The lowest BCUT2D eigenvalue weighted by molar-refractivity contribution is 0.102. The monoisotopic (exact) mass is 259 g/mol. The molecule has 19 heavy (non-hydrogen) atoms. The van der Waals surface area contributed by atoms with Crippen molar-refractivity contribution in [1.29, 1.82) is 0 Å². The molecule has 0 atom stereocenters. The number of halogens is 1. The lowest BCUT2D eigenvalue weighted by atomic mass is 10.1. The summed E-state index contributed by atoms with van der Waals surface area (Å²) in [5, 5.41) is 12.2. The van der Waals surface area contributed by atoms with Gasteiger partial charge in [0.15, 0.2) is 0 Å². The molecule has 0 aliphatic heterocycles. The van der Waals surface area contributed by atoms with E-state index < -0.39 is 5.82 Å². The van der Waals surface area contributed by atoms with Gasteiger partial charge in [-0.2, -0.15) is 0 Å². The van der Waals surface area contributed by atoms with Gasteiger partial charge in [0.25, 0.3) is 5.91 Å². The maximum atomic E-state index is 13.2. The Balaban J connectivity index is 2.28. The molecule has 2 rings (SSSR count). The minimum absolute atomic E-state index is 0.0584. The number of carbonyl (C=O) groups is 1. The van der Waals surface area contributed by atoms with Crippen LogP contribution in [0.25, 0.3) is 0 Å². The molecule has 1 amide bonds. The number of hydrogen-bond donors (Lipinski definition) is 2. The molecule has 0 aromatic heterocycles. The number of phenolic OH excluding ortho intramolecular Hbond substituents is 1. The van der Waals surface area contributed by atoms with Crippen molar-refractivity contribution in [2.75, 3.05) is 5.32 Å². The molecule has 0 unspecified atom stereocenters. The molecule has 3 nitrogen and oxygen atoms in total. The Morgan fingerprint density at radius 2 is 1.95 bits per heavy atom. The molecule has 98 valence electrons. The second-order valence-corrected chi connectivity index (χ2v) is 4.42. The van der Waals surface area contributed by atoms with Crippen molar-refractivity contribution in [1.82, 2.24) is 0 Å². The van der Waals surface area contributed by atoms with E-state index in [0.717, 1.165) is 5.56 Å². The van der Waals surface area contributed by atoms with E-state index in [1.807, 2.05) is 0 Å². The summed E-state index contributed by atoms with van der Waals surface area (Å²) in [4.78, 5) is 12.1. The Bertz CT molecular complexity index is 618. The van der Waals surface area contributed by atoms with Crippen molar-refractivity contribution in [3.05, 3.63) is 58.9 Å². The molecule has 0 aliphatic rings. The lowest BCUT2D eigenvalue weighted by Gasteiger charge is -2.09. The Morgan fingerprint density at radius 3 is 2.63 bits per heavy atom. The van der Waals surface area contributed by atoms with Gasteiger partial charge >= 0.3 is 0 Å². The van der Waals surface area contributed by atoms with Gasteiger partial charge in [-0.25, -0.2) is 4.39 Å². The van der Waals surface area contributed by atoms with Gasteiger partial charge in [-0.15, -0.1) is 0 Å². The van der Waals surface area contributed by atoms with Gasteiger partial charge in [0.05, 0.1) is 0 Å². The van der Waals surface area contributed by atoms with E-state index in [1.54, 1.807) is 32.0 Å². The zero-order chi connectivity index (χ0) is 14.0. The Hall–Kier alpha value is -2.36. The minimum Gasteiger partial charge on any atom is -0.508 e. The van der Waals surface area contributed by atoms with Gasteiger partial charge in [-0.3, -0.25) is 4.79 Å². The topological polar surface area (TPSA) is 49.3 Å². The predicted octanol–water partition coefficient (Wildman–Crippen LogP) is 3.40. The van der Waals surface area contributed by atoms with Crippen LogP contribution in [0.2, 0.25) is 0 Å². The quantitative estimate of drug-likeness (QED) is 0.868. The third-order valence-electron chi connectivity index (χ3n) is 2.85. The van der Waals surface area contributed by atoms with Gasteiger partial charge in [0, 0.05) is 16.8 Å². The fourth-order valence-electron chi connectivity index (χ4n) is 1.88. The highest BCUT2D eigenvalue weighted by Crippen LogP contribution is 2.21. The SMILES string of the molecule is Cc1cc(F)cc(NC(=O)c2cccc(O)c2C)c1. The summed E-state index contributed by atoms with van der Waals surface area (Å²) in [7, 11) is 0. The molecule has 0 saturated carbocycles. The fraction of sp³-hybridized carbons (Fsp3) is 0.133. The normalized spacial score (nSPS) is 10.3. The summed E-state index contributed by atoms with van der Waals surface area (Å²) in [6.45, 7) is 3.40. The zero-order valence-electron chi connectivity index (χ0n) is 10.7. The number of carbonyl (C=O) groups excluding carboxylic acids is 1. The summed E-state index contributed by atoms with van der Waals surface area (Å²) >= 11 is 0. The number of hydrogen-bond acceptors (Lipinski definition) is 2. The molecule has 0 heterocycles. The van der Waals surface area contributed by atoms with Crippen molar-refractivity contribution in [2.24, 2.45) is 0 Å². The van der Waals surface area contributed by atoms with Crippen LogP contribution < -0.4 is 5.32 Å². The molecule has 2 aromatic carbocycles. The predicted molar refractivity (Wildman–Crippen MR) is 71.9 cm³/mol. The van der Waals surface area contributed by atoms with E-state index in [4.69, 9.17) is 0 Å². The van der Waals surface area contributed by atoms with E-state index in [-0.39, 0.29) is 11.7 Å². The Kier molecular flexibility index (Phi) is 3.51. The number of aryl methyl sites for hydroxylation is 1. The van der Waals surface area contributed by atoms with Gasteiger partial charge in [0.2, 0.25) is 0 Å². The van der Waals surface area contributed by atoms with Gasteiger partial charge in [-0.1, -0.05) is 6.07 Å². The van der Waals surface area contributed by atoms with Gasteiger partial charge in [-0.05, 0) is 49.7 Å². The standard InChI is InChI=1S/C15H14FNO2/c1-9-6-11(16)8-12(7-9)17-15(19)13-4-3-5-14(18)10(13)2/h3-8,18H,1-2H3,(H,17,19). The van der Waals surface area contributed by atoms with Crippen molar-refractivity contribution < 1.29 is 14.3 Å². The molecule has 0 bridgehead atoms. The maximum Gasteiger partial charge on any atom is 0.256 e. The van der Waals surface area contributed by atoms with Crippen LogP contribution in [0.1, 0.15) is 21.5 Å². The summed E-state index contributed by atoms with van der Waals surface area (Å²) in [6, 6.07) is 9.03. The number of anilines is 1. The van der Waals surface area contributed by atoms with Crippen LogP contribution in [0.3, 0.4) is 0 Å². The van der Waals surface area contributed by atoms with Crippen molar-refractivity contribution in [3.8, 4) is 5.75 Å². The average molecular weight is 259 g/mol. The Morgan fingerprint density at radius 1 is 1.21 bits per heavy atom. The molecular formula is C15H14FNO2. The van der Waals surface area contributed by atoms with Crippen LogP contribution in [0.4, 0.5) is 10.1 Å². The molecule has 2 N–H and O–H groups in total. The number of benzene rings is 2. The van der Waals surface area contributed by atoms with E-state index in [0.29, 0.717) is 16.8 Å². The molecule has 0 spiro atoms. The van der Waals surface area contributed by atoms with Gasteiger partial charge in [0.1, 0.15) is 11.6 Å². The number of aromatic hydroxyl groups is 1. The molecule has 4 heteroatoms. The summed E-state index contributed by atoms with van der Waals surface area (Å²) in [6.07, 6.45) is 0. The van der Waals surface area contributed by atoms with Crippen molar-refractivity contribution in [3.63, 3.8) is 0 Å². The second kappa shape index (κ2) is 5.10. The van der Waals surface area contributed by atoms with Crippen LogP contribution in [0.15, 0.2) is 36.4 Å². The maximum absolute atomic E-state index is 13.2. The third-order valence-corrected chi connectivity index (χ3v) is 2.85. The summed E-state index contributed by atoms with van der Waals surface area (Å²) < 4.78 is 13.2. The highest BCUT2D eigenvalue weighted by molar-refractivity contribution is 6.05. The first-order valence-corrected chi connectivity index (χ1v) is 5.84. The van der Waals surface area contributed by atoms with Crippen molar-refractivity contribution >= 4 is 11.6 Å². The van der Waals surface area contributed by atoms with Gasteiger partial charge < -0.3 is 10.4 Å². The summed E-state index contributed by atoms with van der Waals surface area (Å²) in [5.41, 5.74) is 1.98. The highest BCUT2D eigenvalue weighted by Gasteiger charge is 2.12. The molecule has 0 aliphatic carbocycles. The fourth-order valence-corrected chi connectivity index (χ4v) is 1.88. The number of amides is 1. The first-order valence-electron chi connectivity index (χ1n) is 5.84. The van der Waals surface area contributed by atoms with E-state index in [2.05, 4.69) is 5.32 Å². The minimum atomic E-state index is -0.400. The molecule has 0 fully saturated rings. The first kappa shape index (κ1) is 13.1. The van der Waals surface area contributed by atoms with E-state index in [1.165, 1.54) is 18.2 Å². The third kappa shape index (κ3) is 2.91. The number of nitrogens with one attached hydrogen (secondary N) is 1. The molecule has 2 aromatic rings. The largest absolute Gasteiger partial charge is 0.508 e. The van der Waals surface area contributed by atoms with Crippen molar-refractivity contribution in [2.45, 2.75) is 13.8 Å². The smallest absolute Gasteiger partial charge is 0.256 e. The molecule has 0 saturated heterocycles. The van der Waals surface area contributed by atoms with Crippen LogP contribution >= 0.6 is 0 Å². The van der Waals surface area contributed by atoms with Crippen LogP contribution in [-0.4, -0.2) is 11.0 Å². The number of rotatable bonds is 2. The average Bonchev–Trinajstić information content (AvgIpc) is 2.31. The molecule has 0 radical (unpaired) electrons. The van der Waals surface area contributed by atoms with Crippen LogP contribution in [0.5, 0.6) is 5.75 Å². The molecular weight excluding hydrogens is 245 g/mol. The Labute approximate surface area is 110 Å². The summed E-state index contributed by atoms with van der Waals surface area (Å²) in [5.74, 6) is -0.718. The zero-order valence-corrected chi connectivity index (χ0v) is 10.7. The first-order chi connectivity index (χ1) is 8.97. The highest BCUT2D eigenvalue weighted by atomic mass is 19.1. The lowest BCUT2D eigenvalue weighted by Crippen LogP contribution is -2.13.